The van der Waals surface area contributed by atoms with Crippen LogP contribution in [-0.4, -0.2) is 47.4 Å². The third-order valence-electron chi connectivity index (χ3n) is 4.66. The second-order valence-electron chi connectivity index (χ2n) is 6.36. The Hall–Kier alpha value is -0.245. The van der Waals surface area contributed by atoms with Crippen molar-refractivity contribution in [2.24, 2.45) is 0 Å². The third-order valence-corrected chi connectivity index (χ3v) is 5.40. The Labute approximate surface area is 189 Å². The number of hydrogen-bond donors (Lipinski definition) is 5. The predicted octanol–water partition coefficient (Wildman–Crippen LogP) is 3.39. The summed E-state index contributed by atoms with van der Waals surface area (Å²) in [5, 5.41) is 36.1. The first-order chi connectivity index (χ1) is 12.3. The molecule has 1 aromatic carbocycles. The van der Waals surface area contributed by atoms with E-state index in [2.05, 4.69) is 10.6 Å². The fourth-order valence-corrected chi connectivity index (χ4v) is 3.52. The quantitative estimate of drug-likeness (QED) is 0.233. The molecule has 28 heavy (non-hydrogen) atoms. The average Bonchev–Trinajstić information content (AvgIpc) is 2.59. The summed E-state index contributed by atoms with van der Waals surface area (Å²) in [6, 6.07) is 5.39. The minimum Gasteiger partial charge on any atom is -0.480 e. The Morgan fingerprint density at radius 3 is 2.36 bits per heavy atom. The molecule has 1 aromatic rings. The number of aliphatic carboxylic acids is 1. The van der Waals surface area contributed by atoms with E-state index >= 15 is 0 Å². The van der Waals surface area contributed by atoms with Crippen LogP contribution in [0, 0.1) is 0 Å². The molecule has 0 aromatic heterocycles. The van der Waals surface area contributed by atoms with Crippen LogP contribution in [0.4, 0.5) is 0 Å². The van der Waals surface area contributed by atoms with E-state index in [1.165, 1.54) is 0 Å². The lowest BCUT2D eigenvalue weighted by Crippen LogP contribution is -2.57. The zero-order valence-electron chi connectivity index (χ0n) is 16.0. The number of halogens is 4. The van der Waals surface area contributed by atoms with Crippen LogP contribution in [0.2, 0.25) is 15.9 Å². The zero-order chi connectivity index (χ0) is 19.7. The van der Waals surface area contributed by atoms with Crippen molar-refractivity contribution in [1.82, 2.24) is 10.6 Å². The van der Waals surface area contributed by atoms with Gasteiger partial charge < -0.3 is 25.8 Å². The summed E-state index contributed by atoms with van der Waals surface area (Å²) in [7, 11) is -0.148. The van der Waals surface area contributed by atoms with Crippen molar-refractivity contribution >= 4 is 61.1 Å². The van der Waals surface area contributed by atoms with Gasteiger partial charge in [0.15, 0.2) is 0 Å². The Morgan fingerprint density at radius 2 is 1.89 bits per heavy atom. The first-order valence-electron chi connectivity index (χ1n) is 8.71. The van der Waals surface area contributed by atoms with Gasteiger partial charge in [0.2, 0.25) is 0 Å². The summed E-state index contributed by atoms with van der Waals surface area (Å²) in [6.45, 7) is 3.05. The largest absolute Gasteiger partial charge is 0.480 e. The molecular weight excluding hydrogens is 449 g/mol. The van der Waals surface area contributed by atoms with Crippen molar-refractivity contribution in [1.29, 1.82) is 0 Å². The SMILES string of the molecule is CCCC(B(O)O)C(CCCNCc1ccc(Cl)c(Cl)c1)(NC)C(=O)O.Cl.Cl. The molecule has 0 spiro atoms. The van der Waals surface area contributed by atoms with Crippen LogP contribution in [-0.2, 0) is 11.3 Å². The van der Waals surface area contributed by atoms with E-state index in [1.807, 2.05) is 13.0 Å². The fraction of sp³-hybridized carbons (Fsp3) is 0.588. The van der Waals surface area contributed by atoms with E-state index in [9.17, 15) is 19.9 Å². The first kappa shape index (κ1) is 30.0. The summed E-state index contributed by atoms with van der Waals surface area (Å²) >= 11 is 11.9. The first-order valence-corrected chi connectivity index (χ1v) is 9.47. The van der Waals surface area contributed by atoms with Gasteiger partial charge in [0, 0.05) is 12.4 Å². The van der Waals surface area contributed by atoms with E-state index in [4.69, 9.17) is 23.2 Å². The van der Waals surface area contributed by atoms with Gasteiger partial charge in [-0.25, -0.2) is 0 Å². The molecule has 0 fully saturated rings. The zero-order valence-corrected chi connectivity index (χ0v) is 19.1. The standard InChI is InChI=1S/C17H27BCl2N2O4.2ClH/c1-3-5-15(18(25)26)17(21-2,16(23)24)8-4-9-22-11-12-6-7-13(19)14(20)10-12;;/h6-7,10,15,21-22,25-26H,3-5,8-9,11H2,1-2H3,(H,23,24);2*1H. The lowest BCUT2D eigenvalue weighted by atomic mass is 9.58. The fourth-order valence-electron chi connectivity index (χ4n) is 3.20. The van der Waals surface area contributed by atoms with Crippen molar-refractivity contribution < 1.29 is 19.9 Å². The van der Waals surface area contributed by atoms with Gasteiger partial charge in [-0.3, -0.25) is 4.79 Å². The number of carbonyl (C=O) groups is 1. The Morgan fingerprint density at radius 1 is 1.25 bits per heavy atom. The lowest BCUT2D eigenvalue weighted by Gasteiger charge is -2.36. The van der Waals surface area contributed by atoms with Gasteiger partial charge in [-0.05, 0) is 50.6 Å². The van der Waals surface area contributed by atoms with Crippen LogP contribution >= 0.6 is 48.0 Å². The normalized spacial score (nSPS) is 13.6. The summed E-state index contributed by atoms with van der Waals surface area (Å²) in [5.41, 5.74) is -0.401. The van der Waals surface area contributed by atoms with Crippen LogP contribution in [0.5, 0.6) is 0 Å². The number of hydrogen-bond acceptors (Lipinski definition) is 5. The summed E-state index contributed by atoms with van der Waals surface area (Å²) in [6.07, 6.45) is 1.90. The Kier molecular flexibility index (Phi) is 15.7. The van der Waals surface area contributed by atoms with Crippen molar-refractivity contribution in [3.63, 3.8) is 0 Å². The molecule has 0 aliphatic rings. The molecule has 2 unspecified atom stereocenters. The monoisotopic (exact) mass is 476 g/mol. The van der Waals surface area contributed by atoms with Gasteiger partial charge in [0.1, 0.15) is 5.54 Å². The molecule has 0 saturated carbocycles. The minimum atomic E-state index is -1.69. The van der Waals surface area contributed by atoms with Crippen molar-refractivity contribution in [2.75, 3.05) is 13.6 Å². The van der Waals surface area contributed by atoms with Crippen LogP contribution < -0.4 is 10.6 Å². The second-order valence-corrected chi connectivity index (χ2v) is 7.18. The van der Waals surface area contributed by atoms with Crippen LogP contribution in [0.3, 0.4) is 0 Å². The number of benzene rings is 1. The average molecular weight is 478 g/mol. The maximum absolute atomic E-state index is 11.9. The third kappa shape index (κ3) is 8.24. The maximum atomic E-state index is 11.9. The van der Waals surface area contributed by atoms with Crippen LogP contribution in [0.25, 0.3) is 0 Å². The van der Waals surface area contributed by atoms with E-state index in [-0.39, 0.29) is 31.2 Å². The number of likely N-dealkylation sites (N-methyl/N-ethyl adjacent to an activating group) is 1. The summed E-state index contributed by atoms with van der Waals surface area (Å²) in [4.78, 5) is 11.9. The minimum absolute atomic E-state index is 0. The maximum Gasteiger partial charge on any atom is 0.457 e. The van der Waals surface area contributed by atoms with Crippen molar-refractivity contribution in [3.8, 4) is 0 Å². The number of carboxylic acid groups (broad SMARTS) is 1. The molecule has 162 valence electrons. The lowest BCUT2D eigenvalue weighted by molar-refractivity contribution is -0.145. The molecule has 0 saturated heterocycles. The van der Waals surface area contributed by atoms with Crippen molar-refractivity contribution in [3.05, 3.63) is 33.8 Å². The van der Waals surface area contributed by atoms with E-state index in [1.54, 1.807) is 19.2 Å². The number of rotatable bonds is 12. The molecule has 11 heteroatoms. The van der Waals surface area contributed by atoms with E-state index in [0.29, 0.717) is 42.4 Å². The predicted molar refractivity (Wildman–Crippen MR) is 120 cm³/mol. The molecule has 0 amide bonds. The van der Waals surface area contributed by atoms with Crippen LogP contribution in [0.15, 0.2) is 18.2 Å². The number of nitrogens with one attached hydrogen (secondary N) is 2. The highest BCUT2D eigenvalue weighted by atomic mass is 35.5. The van der Waals surface area contributed by atoms with Gasteiger partial charge in [-0.1, -0.05) is 42.6 Å². The van der Waals surface area contributed by atoms with E-state index in [0.717, 1.165) is 5.56 Å². The smallest absolute Gasteiger partial charge is 0.457 e. The molecule has 0 bridgehead atoms. The highest BCUT2D eigenvalue weighted by Gasteiger charge is 2.48. The molecule has 2 atom stereocenters. The molecule has 0 aliphatic carbocycles. The number of carboxylic acids is 1. The molecule has 5 N–H and O–H groups in total. The molecule has 0 heterocycles. The molecular formula is C17H29BCl4N2O4. The van der Waals surface area contributed by atoms with Gasteiger partial charge in [-0.15, -0.1) is 24.8 Å². The molecule has 1 rings (SSSR count). The van der Waals surface area contributed by atoms with Gasteiger partial charge in [-0.2, -0.15) is 0 Å². The van der Waals surface area contributed by atoms with Gasteiger partial charge in [0.25, 0.3) is 0 Å². The van der Waals surface area contributed by atoms with Crippen molar-refractivity contribution in [2.45, 2.75) is 50.5 Å². The summed E-state index contributed by atoms with van der Waals surface area (Å²) in [5.74, 6) is -1.86. The Balaban J connectivity index is 0. The molecule has 0 radical (unpaired) electrons. The Bertz CT molecular complexity index is 598. The van der Waals surface area contributed by atoms with Crippen LogP contribution in [0.1, 0.15) is 38.2 Å². The van der Waals surface area contributed by atoms with Gasteiger partial charge >= 0.3 is 13.1 Å². The highest BCUT2D eigenvalue weighted by Crippen LogP contribution is 2.34. The second kappa shape index (κ2) is 14.7. The topological polar surface area (TPSA) is 102 Å². The molecule has 6 nitrogen and oxygen atoms in total. The van der Waals surface area contributed by atoms with E-state index < -0.39 is 24.4 Å². The molecule has 0 aliphatic heterocycles. The van der Waals surface area contributed by atoms with Gasteiger partial charge in [0.05, 0.1) is 10.0 Å². The summed E-state index contributed by atoms with van der Waals surface area (Å²) < 4.78 is 0. The highest BCUT2D eigenvalue weighted by molar-refractivity contribution is 6.44.